The van der Waals surface area contributed by atoms with Crippen molar-refractivity contribution in [3.05, 3.63) is 0 Å². The summed E-state index contributed by atoms with van der Waals surface area (Å²) in [6.07, 6.45) is 0. The third-order valence-electron chi connectivity index (χ3n) is 0.172. The van der Waals surface area contributed by atoms with E-state index in [0.717, 1.165) is 0 Å². The van der Waals surface area contributed by atoms with E-state index in [9.17, 15) is 8.42 Å². The van der Waals surface area contributed by atoms with Crippen LogP contribution < -0.4 is 0 Å². The Balaban J connectivity index is 4.46. The zero-order chi connectivity index (χ0) is 7.71. The van der Waals surface area contributed by atoms with Crippen molar-refractivity contribution in [2.24, 2.45) is 0 Å². The zero-order valence-corrected chi connectivity index (χ0v) is 7.02. The van der Waals surface area contributed by atoms with Crippen molar-refractivity contribution < 1.29 is 21.2 Å². The first kappa shape index (κ1) is 9.62. The van der Waals surface area contributed by atoms with E-state index in [0.29, 0.717) is 0 Å². The lowest BCUT2D eigenvalue weighted by Gasteiger charge is -1.96. The molecule has 0 fully saturated rings. The van der Waals surface area contributed by atoms with Crippen LogP contribution in [-0.4, -0.2) is 17.5 Å². The third-order valence-corrected chi connectivity index (χ3v) is 2.55. The second kappa shape index (κ2) is 2.70. The van der Waals surface area contributed by atoms with Gasteiger partial charge in [0.1, 0.15) is 0 Å². The molecule has 0 radical (unpaired) electrons. The van der Waals surface area contributed by atoms with E-state index in [-0.39, 0.29) is 0 Å². The second-order valence-electron chi connectivity index (χ2n) is 0.924. The first-order chi connectivity index (χ1) is 3.71. The van der Waals surface area contributed by atoms with Crippen LogP contribution in [0.2, 0.25) is 0 Å². The van der Waals surface area contributed by atoms with Crippen molar-refractivity contribution in [3.8, 4) is 0 Å². The molecule has 0 aromatic heterocycles. The first-order valence-corrected chi connectivity index (χ1v) is 6.10. The molecule has 0 aliphatic rings. The summed E-state index contributed by atoms with van der Waals surface area (Å²) in [6, 6.07) is 0. The molecule has 2 N–H and O–H groups in total. The van der Waals surface area contributed by atoms with Crippen LogP contribution in [0.1, 0.15) is 0 Å². The maximum Gasteiger partial charge on any atom is 0.410 e. The van der Waals surface area contributed by atoms with Crippen LogP contribution >= 0.6 is 0 Å². The van der Waals surface area contributed by atoms with Crippen molar-refractivity contribution in [1.29, 1.82) is 0 Å². The van der Waals surface area contributed by atoms with Crippen LogP contribution in [0.3, 0.4) is 0 Å². The van der Waals surface area contributed by atoms with Gasteiger partial charge in [-0.3, -0.25) is 4.55 Å². The topological polar surface area (TPSA) is 83.8 Å². The predicted octanol–water partition coefficient (Wildman–Crippen LogP) is -0.728. The van der Waals surface area contributed by atoms with Crippen LogP contribution in [0.15, 0.2) is 0 Å². The van der Waals surface area contributed by atoms with Gasteiger partial charge in [0, 0.05) is 22.4 Å². The lowest BCUT2D eigenvalue weighted by atomic mass is 15.8. The molecule has 0 bridgehead atoms. The molecule has 0 aliphatic heterocycles. The minimum atomic E-state index is -4.70. The highest BCUT2D eigenvalue weighted by molar-refractivity contribution is 8.52. The van der Waals surface area contributed by atoms with E-state index in [1.807, 2.05) is 0 Å². The molecular formula is H2O5S4. The van der Waals surface area contributed by atoms with Crippen molar-refractivity contribution >= 4 is 40.5 Å². The summed E-state index contributed by atoms with van der Waals surface area (Å²) in [6.45, 7) is 0. The molecule has 0 rings (SSSR count). The van der Waals surface area contributed by atoms with Crippen molar-refractivity contribution in [3.63, 3.8) is 0 Å². The van der Waals surface area contributed by atoms with Gasteiger partial charge in [0.2, 0.25) is 0 Å². The van der Waals surface area contributed by atoms with E-state index in [1.165, 1.54) is 0 Å². The van der Waals surface area contributed by atoms with Gasteiger partial charge < -0.3 is 4.55 Å². The van der Waals surface area contributed by atoms with Crippen molar-refractivity contribution in [2.45, 2.75) is 0 Å². The fourth-order valence-electron chi connectivity index (χ4n) is 0.109. The Morgan fingerprint density at radius 1 is 1.22 bits per heavy atom. The fraction of sp³-hybridized carbons (Fsp3) is 0. The van der Waals surface area contributed by atoms with Gasteiger partial charge in [0.25, 0.3) is 0 Å². The summed E-state index contributed by atoms with van der Waals surface area (Å²) >= 11 is 7.85. The van der Waals surface area contributed by atoms with Gasteiger partial charge in [-0.15, -0.1) is 3.63 Å². The smallest absolute Gasteiger partial charge is 0.305 e. The summed E-state index contributed by atoms with van der Waals surface area (Å²) in [5, 5.41) is 0. The lowest BCUT2D eigenvalue weighted by Crippen LogP contribution is -2.08. The standard InChI is InChI=1S/H2O5S4/c1-8(2,3)5-9(4,6)7/h(H,1,2,3)(H,4,6,7). The van der Waals surface area contributed by atoms with Gasteiger partial charge in [0.15, 0.2) is 7.71 Å². The van der Waals surface area contributed by atoms with Crippen LogP contribution in [0.4, 0.5) is 0 Å². The number of hydrogen-bond donors (Lipinski definition) is 2. The molecular weight excluding hydrogens is 208 g/mol. The second-order valence-corrected chi connectivity index (χ2v) is 6.52. The van der Waals surface area contributed by atoms with E-state index in [1.54, 1.807) is 0 Å². The van der Waals surface area contributed by atoms with Crippen LogP contribution in [0.5, 0.6) is 0 Å². The maximum absolute atomic E-state index is 9.71. The molecule has 0 spiro atoms. The lowest BCUT2D eigenvalue weighted by molar-refractivity contribution is 0.392. The normalized spacial score (nSPS) is 13.6. The van der Waals surface area contributed by atoms with E-state index in [4.69, 9.17) is 9.11 Å². The average molecular weight is 210 g/mol. The zero-order valence-electron chi connectivity index (χ0n) is 3.75. The van der Waals surface area contributed by atoms with Gasteiger partial charge in [-0.05, 0) is 0 Å². The Morgan fingerprint density at radius 3 is 1.56 bits per heavy atom. The Labute approximate surface area is 61.8 Å². The molecule has 0 atom stereocenters. The molecule has 56 valence electrons. The Kier molecular flexibility index (Phi) is 2.88. The molecule has 0 aromatic rings. The van der Waals surface area contributed by atoms with E-state index >= 15 is 0 Å². The highest BCUT2D eigenvalue weighted by Gasteiger charge is 2.08. The van der Waals surface area contributed by atoms with Crippen LogP contribution in [0, 0.1) is 0 Å². The molecule has 0 amide bonds. The van der Waals surface area contributed by atoms with Gasteiger partial charge in [0.05, 0.1) is 0 Å². The monoisotopic (exact) mass is 210 g/mol. The molecule has 0 saturated heterocycles. The SMILES string of the molecule is O=S(=O)(O)OS(O)(=S)=S. The van der Waals surface area contributed by atoms with Crippen molar-refractivity contribution in [2.75, 3.05) is 0 Å². The summed E-state index contributed by atoms with van der Waals surface area (Å²) < 4.78 is 39.0. The maximum atomic E-state index is 9.71. The Morgan fingerprint density at radius 2 is 1.56 bits per heavy atom. The minimum Gasteiger partial charge on any atom is -0.305 e. The molecule has 5 nitrogen and oxygen atoms in total. The molecule has 9 heteroatoms. The summed E-state index contributed by atoms with van der Waals surface area (Å²) in [5.74, 6) is 0. The molecule has 0 saturated carbocycles. The quantitative estimate of drug-likeness (QED) is 0.581. The molecule has 0 unspecified atom stereocenters. The van der Waals surface area contributed by atoms with Gasteiger partial charge in [-0.1, -0.05) is 0 Å². The van der Waals surface area contributed by atoms with E-state index in [2.05, 4.69) is 26.0 Å². The Bertz CT molecular complexity index is 234. The predicted molar refractivity (Wildman–Crippen MR) is 37.4 cm³/mol. The number of rotatable bonds is 2. The summed E-state index contributed by atoms with van der Waals surface area (Å²) in [5.41, 5.74) is 0. The number of hydrogen-bond acceptors (Lipinski definition) is 5. The largest absolute Gasteiger partial charge is 0.410 e. The first-order valence-electron chi connectivity index (χ1n) is 1.37. The molecule has 0 heterocycles. The molecule has 0 aliphatic carbocycles. The minimum absolute atomic E-state index is 3.42. The summed E-state index contributed by atoms with van der Waals surface area (Å²) in [4.78, 5) is 0. The van der Waals surface area contributed by atoms with Gasteiger partial charge in [-0.25, -0.2) is 0 Å². The summed E-state index contributed by atoms with van der Waals surface area (Å²) in [7, 11) is -8.16. The third kappa shape index (κ3) is 8.62. The van der Waals surface area contributed by atoms with E-state index < -0.39 is 18.1 Å². The van der Waals surface area contributed by atoms with Crippen LogP contribution in [-0.2, 0) is 44.1 Å². The van der Waals surface area contributed by atoms with Gasteiger partial charge in [-0.2, -0.15) is 8.42 Å². The molecule has 0 aromatic carbocycles. The highest BCUT2D eigenvalue weighted by Crippen LogP contribution is 1.93. The van der Waals surface area contributed by atoms with Crippen LogP contribution in [0.25, 0.3) is 0 Å². The molecule has 9 heavy (non-hydrogen) atoms. The van der Waals surface area contributed by atoms with Gasteiger partial charge >= 0.3 is 10.4 Å². The fourth-order valence-corrected chi connectivity index (χ4v) is 2.24. The van der Waals surface area contributed by atoms with Crippen molar-refractivity contribution in [1.82, 2.24) is 0 Å². The average Bonchev–Trinajstić information content (AvgIpc) is 1.14. The highest BCUT2D eigenvalue weighted by atomic mass is 33.1. The Hall–Kier alpha value is 0.620.